The highest BCUT2D eigenvalue weighted by Crippen LogP contribution is 2.39. The molecule has 190 valence electrons. The van der Waals surface area contributed by atoms with E-state index in [1.165, 1.54) is 0 Å². The Morgan fingerprint density at radius 3 is 2.38 bits per heavy atom. The topological polar surface area (TPSA) is 101 Å². The van der Waals surface area contributed by atoms with Crippen molar-refractivity contribution in [3.8, 4) is 21.8 Å². The Morgan fingerprint density at radius 2 is 1.68 bits per heavy atom. The third kappa shape index (κ3) is 4.87. The van der Waals surface area contributed by atoms with Gasteiger partial charge in [0.25, 0.3) is 5.91 Å². The number of benzene rings is 1. The molecule has 10 heteroatoms. The van der Waals surface area contributed by atoms with E-state index in [9.17, 15) is 4.79 Å². The van der Waals surface area contributed by atoms with Crippen LogP contribution in [0.25, 0.3) is 32.0 Å². The molecule has 6 rings (SSSR count). The highest BCUT2D eigenvalue weighted by atomic mass is 32.1. The molecule has 2 N–H and O–H groups in total. The lowest BCUT2D eigenvalue weighted by atomic mass is 10.1. The van der Waals surface area contributed by atoms with Crippen molar-refractivity contribution in [3.05, 3.63) is 54.2 Å². The van der Waals surface area contributed by atoms with Crippen LogP contribution in [0, 0.1) is 0 Å². The van der Waals surface area contributed by atoms with E-state index in [0.29, 0.717) is 24.9 Å². The van der Waals surface area contributed by atoms with Gasteiger partial charge in [-0.2, -0.15) is 0 Å². The number of fused-ring (bicyclic) bond motifs is 1. The summed E-state index contributed by atoms with van der Waals surface area (Å²) >= 11 is 1.68. The molecule has 0 radical (unpaired) electrons. The highest BCUT2D eigenvalue weighted by molar-refractivity contribution is 7.22. The molecule has 0 atom stereocenters. The molecule has 9 nitrogen and oxygen atoms in total. The Bertz CT molecular complexity index is 1410. The van der Waals surface area contributed by atoms with Crippen LogP contribution >= 0.6 is 11.3 Å². The van der Waals surface area contributed by atoms with Crippen LogP contribution in [0.15, 0.2) is 48.7 Å². The van der Waals surface area contributed by atoms with Crippen molar-refractivity contribution in [3.63, 3.8) is 0 Å². The molecule has 0 bridgehead atoms. The van der Waals surface area contributed by atoms with Crippen molar-refractivity contribution in [1.29, 1.82) is 0 Å². The fourth-order valence-electron chi connectivity index (χ4n) is 4.68. The predicted molar refractivity (Wildman–Crippen MR) is 147 cm³/mol. The van der Waals surface area contributed by atoms with E-state index in [-0.39, 0.29) is 5.91 Å². The van der Waals surface area contributed by atoms with Crippen LogP contribution in [0.4, 0.5) is 11.6 Å². The quantitative estimate of drug-likeness (QED) is 0.442. The number of anilines is 2. The molecule has 3 aromatic heterocycles. The van der Waals surface area contributed by atoms with Crippen LogP contribution in [0.1, 0.15) is 10.4 Å². The van der Waals surface area contributed by atoms with Gasteiger partial charge in [0.1, 0.15) is 5.82 Å². The van der Waals surface area contributed by atoms with Gasteiger partial charge in [0.05, 0.1) is 23.4 Å². The number of morpholine rings is 1. The molecule has 2 saturated heterocycles. The third-order valence-corrected chi connectivity index (χ3v) is 8.09. The lowest BCUT2D eigenvalue weighted by Gasteiger charge is -2.32. The summed E-state index contributed by atoms with van der Waals surface area (Å²) in [6.45, 7) is 6.25. The number of nitrogen functional groups attached to an aromatic ring is 1. The normalized spacial score (nSPS) is 16.9. The predicted octanol–water partition coefficient (Wildman–Crippen LogP) is 3.23. The number of hydrogen-bond donors (Lipinski definition) is 1. The largest absolute Gasteiger partial charge is 0.384 e. The first-order valence-corrected chi connectivity index (χ1v) is 13.3. The Labute approximate surface area is 219 Å². The summed E-state index contributed by atoms with van der Waals surface area (Å²) in [4.78, 5) is 34.6. The second kappa shape index (κ2) is 10.0. The van der Waals surface area contributed by atoms with Crippen molar-refractivity contribution in [2.75, 3.05) is 70.2 Å². The van der Waals surface area contributed by atoms with Crippen molar-refractivity contribution in [2.24, 2.45) is 0 Å². The molecular formula is C27H29N7O2S. The maximum atomic E-state index is 13.0. The van der Waals surface area contributed by atoms with E-state index in [1.54, 1.807) is 23.6 Å². The van der Waals surface area contributed by atoms with Gasteiger partial charge < -0.3 is 25.2 Å². The zero-order valence-corrected chi connectivity index (χ0v) is 21.6. The smallest absolute Gasteiger partial charge is 0.253 e. The van der Waals surface area contributed by atoms with E-state index >= 15 is 0 Å². The number of piperazine rings is 1. The van der Waals surface area contributed by atoms with E-state index in [4.69, 9.17) is 20.4 Å². The van der Waals surface area contributed by atoms with Gasteiger partial charge in [0, 0.05) is 61.5 Å². The van der Waals surface area contributed by atoms with Gasteiger partial charge in [-0.3, -0.25) is 4.79 Å². The fraction of sp³-hybridized carbons (Fsp3) is 0.333. The van der Waals surface area contributed by atoms with Gasteiger partial charge in [-0.05, 0) is 42.9 Å². The van der Waals surface area contributed by atoms with Crippen LogP contribution in [0.5, 0.6) is 0 Å². The van der Waals surface area contributed by atoms with E-state index in [0.717, 1.165) is 76.9 Å². The number of rotatable bonds is 4. The molecule has 0 unspecified atom stereocenters. The number of ether oxygens (including phenoxy) is 1. The van der Waals surface area contributed by atoms with Crippen LogP contribution in [0.3, 0.4) is 0 Å². The molecule has 0 aliphatic carbocycles. The van der Waals surface area contributed by atoms with Gasteiger partial charge in [-0.15, -0.1) is 11.3 Å². The standard InChI is InChI=1S/C27H29N7O2S/c1-32-8-10-34(11-9-32)27(35)19-4-2-18(3-5-19)22-16-21-24(37-22)26(33-12-14-36-15-13-33)31-25(30-21)20-6-7-23(28)29-17-20/h2-7,16-17H,8-15H2,1H3,(H2,28,29). The SMILES string of the molecule is CN1CCN(C(=O)c2ccc(-c3cc4nc(-c5ccc(N)nc5)nc(N5CCOCC5)c4s3)cc2)CC1. The summed E-state index contributed by atoms with van der Waals surface area (Å²) in [5.74, 6) is 2.10. The van der Waals surface area contributed by atoms with E-state index in [1.807, 2.05) is 35.2 Å². The Balaban J connectivity index is 1.34. The van der Waals surface area contributed by atoms with Gasteiger partial charge in [0.2, 0.25) is 0 Å². The minimum atomic E-state index is 0.0956. The molecular weight excluding hydrogens is 486 g/mol. The number of thiophene rings is 1. The lowest BCUT2D eigenvalue weighted by Crippen LogP contribution is -2.47. The maximum Gasteiger partial charge on any atom is 0.253 e. The van der Waals surface area contributed by atoms with E-state index in [2.05, 4.69) is 27.9 Å². The minimum Gasteiger partial charge on any atom is -0.384 e. The number of amides is 1. The summed E-state index contributed by atoms with van der Waals surface area (Å²) in [6, 6.07) is 13.7. The molecule has 1 amide bonds. The second-order valence-corrected chi connectivity index (χ2v) is 10.5. The van der Waals surface area contributed by atoms with Crippen LogP contribution in [0.2, 0.25) is 0 Å². The number of carbonyl (C=O) groups is 1. The van der Waals surface area contributed by atoms with Crippen molar-refractivity contribution < 1.29 is 9.53 Å². The Kier molecular flexibility index (Phi) is 6.45. The summed E-state index contributed by atoms with van der Waals surface area (Å²) in [7, 11) is 2.09. The molecule has 2 aliphatic heterocycles. The molecule has 5 heterocycles. The molecule has 37 heavy (non-hydrogen) atoms. The highest BCUT2D eigenvalue weighted by Gasteiger charge is 2.22. The minimum absolute atomic E-state index is 0.0956. The number of likely N-dealkylation sites (N-methyl/N-ethyl adjacent to an activating group) is 1. The first kappa shape index (κ1) is 23.8. The Morgan fingerprint density at radius 1 is 0.946 bits per heavy atom. The number of nitrogens with two attached hydrogens (primary N) is 1. The van der Waals surface area contributed by atoms with Gasteiger partial charge in [0.15, 0.2) is 11.6 Å². The molecule has 2 fully saturated rings. The maximum absolute atomic E-state index is 13.0. The molecule has 0 saturated carbocycles. The average Bonchev–Trinajstić information content (AvgIpc) is 3.38. The number of nitrogens with zero attached hydrogens (tertiary/aromatic N) is 6. The zero-order valence-electron chi connectivity index (χ0n) is 20.8. The van der Waals surface area contributed by atoms with Crippen LogP contribution < -0.4 is 10.6 Å². The first-order valence-electron chi connectivity index (χ1n) is 12.5. The number of carbonyl (C=O) groups excluding carboxylic acids is 1. The van der Waals surface area contributed by atoms with Gasteiger partial charge in [-0.1, -0.05) is 12.1 Å². The van der Waals surface area contributed by atoms with Crippen LogP contribution in [-0.2, 0) is 4.74 Å². The monoisotopic (exact) mass is 515 g/mol. The zero-order chi connectivity index (χ0) is 25.4. The average molecular weight is 516 g/mol. The van der Waals surface area contributed by atoms with Gasteiger partial charge >= 0.3 is 0 Å². The Hall–Kier alpha value is -3.60. The van der Waals surface area contributed by atoms with Gasteiger partial charge in [-0.25, -0.2) is 15.0 Å². The fourth-order valence-corrected chi connectivity index (χ4v) is 5.80. The summed E-state index contributed by atoms with van der Waals surface area (Å²) in [5.41, 5.74) is 9.28. The second-order valence-electron chi connectivity index (χ2n) is 9.44. The number of aromatic nitrogens is 3. The third-order valence-electron chi connectivity index (χ3n) is 6.92. The van der Waals surface area contributed by atoms with Crippen LogP contribution in [-0.4, -0.2) is 90.2 Å². The number of hydrogen-bond acceptors (Lipinski definition) is 9. The lowest BCUT2D eigenvalue weighted by molar-refractivity contribution is 0.0664. The van der Waals surface area contributed by atoms with Crippen molar-refractivity contribution in [2.45, 2.75) is 0 Å². The van der Waals surface area contributed by atoms with Crippen molar-refractivity contribution in [1.82, 2.24) is 24.8 Å². The summed E-state index contributed by atoms with van der Waals surface area (Å²) < 4.78 is 6.62. The molecule has 2 aliphatic rings. The van der Waals surface area contributed by atoms with E-state index < -0.39 is 0 Å². The summed E-state index contributed by atoms with van der Waals surface area (Å²) in [5, 5.41) is 0. The molecule has 0 spiro atoms. The summed E-state index contributed by atoms with van der Waals surface area (Å²) in [6.07, 6.45) is 1.71. The number of pyridine rings is 1. The first-order chi connectivity index (χ1) is 18.0. The molecule has 1 aromatic carbocycles. The molecule has 4 aromatic rings. The van der Waals surface area contributed by atoms with Crippen molar-refractivity contribution >= 4 is 39.1 Å².